The highest BCUT2D eigenvalue weighted by Gasteiger charge is 2.22. The fourth-order valence-corrected chi connectivity index (χ4v) is 6.35. The van der Waals surface area contributed by atoms with Gasteiger partial charge in [-0.15, -0.1) is 0 Å². The molecule has 1 aromatic heterocycles. The van der Waals surface area contributed by atoms with Gasteiger partial charge < -0.3 is 4.90 Å². The summed E-state index contributed by atoms with van der Waals surface area (Å²) in [5, 5.41) is 4.00. The van der Waals surface area contributed by atoms with Gasteiger partial charge in [-0.05, 0) is 77.3 Å². The Hall–Kier alpha value is -3.50. The van der Waals surface area contributed by atoms with Gasteiger partial charge >= 0.3 is 0 Å². The number of aromatic nitrogens is 2. The number of hydrogen-bond donors (Lipinski definition) is 0. The molecule has 4 heteroatoms. The molecule has 2 aliphatic carbocycles. The van der Waals surface area contributed by atoms with E-state index in [1.807, 2.05) is 6.07 Å². The average Bonchev–Trinajstić information content (AvgIpc) is 2.95. The number of rotatable bonds is 4. The quantitative estimate of drug-likeness (QED) is 0.354. The van der Waals surface area contributed by atoms with Gasteiger partial charge in [-0.3, -0.25) is 4.90 Å². The molecule has 0 unspecified atom stereocenters. The Bertz CT molecular complexity index is 1500. The van der Waals surface area contributed by atoms with Gasteiger partial charge in [-0.25, -0.2) is 9.97 Å². The number of benzene rings is 3. The molecule has 4 nitrogen and oxygen atoms in total. The van der Waals surface area contributed by atoms with Crippen molar-refractivity contribution in [1.82, 2.24) is 14.9 Å². The van der Waals surface area contributed by atoms with Gasteiger partial charge in [0.25, 0.3) is 0 Å². The third kappa shape index (κ3) is 3.90. The zero-order valence-electron chi connectivity index (χ0n) is 20.8. The summed E-state index contributed by atoms with van der Waals surface area (Å²) < 4.78 is 0. The third-order valence-corrected chi connectivity index (χ3v) is 8.35. The van der Waals surface area contributed by atoms with E-state index in [2.05, 4.69) is 80.5 Å². The van der Waals surface area contributed by atoms with Gasteiger partial charge in [0.15, 0.2) is 0 Å². The van der Waals surface area contributed by atoms with Crippen LogP contribution in [0, 0.1) is 0 Å². The molecular formula is C32H32N4. The van der Waals surface area contributed by atoms with Crippen LogP contribution in [0.4, 0.5) is 5.82 Å². The molecule has 3 aromatic carbocycles. The van der Waals surface area contributed by atoms with Crippen LogP contribution >= 0.6 is 0 Å². The summed E-state index contributed by atoms with van der Waals surface area (Å²) in [7, 11) is 0. The Morgan fingerprint density at radius 2 is 1.69 bits per heavy atom. The summed E-state index contributed by atoms with van der Waals surface area (Å²) in [6, 6.07) is 20.2. The number of nitrogens with zero attached hydrogens (tertiary/aromatic N) is 4. The Morgan fingerprint density at radius 1 is 0.806 bits per heavy atom. The lowest BCUT2D eigenvalue weighted by Crippen LogP contribution is -2.47. The lowest BCUT2D eigenvalue weighted by atomic mass is 9.79. The summed E-state index contributed by atoms with van der Waals surface area (Å²) in [6.45, 7) is 5.28. The number of para-hydroxylation sites is 1. The van der Waals surface area contributed by atoms with E-state index in [1.54, 1.807) is 17.5 Å². The predicted octanol–water partition coefficient (Wildman–Crippen LogP) is 6.20. The molecule has 1 fully saturated rings. The number of aryl methyl sites for hydroxylation is 1. The highest BCUT2D eigenvalue weighted by atomic mass is 15.3. The van der Waals surface area contributed by atoms with Crippen molar-refractivity contribution in [3.05, 3.63) is 95.3 Å². The van der Waals surface area contributed by atoms with Gasteiger partial charge in [0, 0.05) is 38.1 Å². The van der Waals surface area contributed by atoms with E-state index in [-0.39, 0.29) is 0 Å². The summed E-state index contributed by atoms with van der Waals surface area (Å²) in [6.07, 6.45) is 12.4. The molecule has 0 N–H and O–H groups in total. The van der Waals surface area contributed by atoms with Crippen molar-refractivity contribution >= 4 is 33.1 Å². The molecule has 1 saturated heterocycles. The smallest absolute Gasteiger partial charge is 0.139 e. The zero-order chi connectivity index (χ0) is 23.9. The van der Waals surface area contributed by atoms with Gasteiger partial charge in [0.2, 0.25) is 0 Å². The first-order chi connectivity index (χ1) is 17.8. The van der Waals surface area contributed by atoms with Crippen LogP contribution in [0.15, 0.2) is 78.6 Å². The lowest BCUT2D eigenvalue weighted by molar-refractivity contribution is 0.260. The Labute approximate surface area is 213 Å². The maximum atomic E-state index is 4.63. The standard InChI is InChI=1S/C32H32N4/c1-2-6-26-24(5-1)11-14-28-27(26)13-12-25-10-9-23(21-30(25)28)15-16-35-17-19-36(20-18-35)32-29-7-3-4-8-31(29)33-22-34-32/h2-4,6-10,12-13,21-22H,1,5,11,14-20H2. The van der Waals surface area contributed by atoms with E-state index >= 15 is 0 Å². The molecule has 0 bridgehead atoms. The molecule has 0 amide bonds. The average molecular weight is 473 g/mol. The molecule has 180 valence electrons. The van der Waals surface area contributed by atoms with Crippen molar-refractivity contribution in [2.75, 3.05) is 37.6 Å². The van der Waals surface area contributed by atoms with Crippen molar-refractivity contribution in [2.45, 2.75) is 32.1 Å². The Morgan fingerprint density at radius 3 is 2.64 bits per heavy atom. The van der Waals surface area contributed by atoms with Crippen molar-refractivity contribution in [3.63, 3.8) is 0 Å². The summed E-state index contributed by atoms with van der Waals surface area (Å²) in [4.78, 5) is 14.1. The normalized spacial score (nSPS) is 18.1. The fourth-order valence-electron chi connectivity index (χ4n) is 6.35. The van der Waals surface area contributed by atoms with Gasteiger partial charge in [0.1, 0.15) is 12.1 Å². The van der Waals surface area contributed by atoms with Crippen molar-refractivity contribution in [1.29, 1.82) is 0 Å². The van der Waals surface area contributed by atoms with Gasteiger partial charge in [-0.2, -0.15) is 0 Å². The van der Waals surface area contributed by atoms with E-state index in [0.29, 0.717) is 0 Å². The molecule has 4 aromatic rings. The van der Waals surface area contributed by atoms with E-state index in [0.717, 1.165) is 55.9 Å². The van der Waals surface area contributed by atoms with Crippen LogP contribution in [0.2, 0.25) is 0 Å². The van der Waals surface area contributed by atoms with Crippen LogP contribution in [-0.2, 0) is 12.8 Å². The van der Waals surface area contributed by atoms with Crippen LogP contribution in [0.1, 0.15) is 36.0 Å². The number of hydrogen-bond acceptors (Lipinski definition) is 4. The lowest BCUT2D eigenvalue weighted by Gasteiger charge is -2.35. The third-order valence-electron chi connectivity index (χ3n) is 8.35. The van der Waals surface area contributed by atoms with E-state index in [1.165, 1.54) is 53.2 Å². The van der Waals surface area contributed by atoms with Crippen LogP contribution in [0.5, 0.6) is 0 Å². The molecule has 0 saturated carbocycles. The molecule has 0 atom stereocenters. The molecule has 36 heavy (non-hydrogen) atoms. The molecular weight excluding hydrogens is 440 g/mol. The first-order valence-electron chi connectivity index (χ1n) is 13.4. The van der Waals surface area contributed by atoms with Crippen LogP contribution in [0.3, 0.4) is 0 Å². The second kappa shape index (κ2) is 9.18. The number of piperazine rings is 1. The molecule has 0 spiro atoms. The van der Waals surface area contributed by atoms with Crippen molar-refractivity contribution in [3.8, 4) is 0 Å². The summed E-state index contributed by atoms with van der Waals surface area (Å²) in [5.74, 6) is 1.07. The van der Waals surface area contributed by atoms with Crippen LogP contribution < -0.4 is 4.90 Å². The summed E-state index contributed by atoms with van der Waals surface area (Å²) >= 11 is 0. The van der Waals surface area contributed by atoms with E-state index < -0.39 is 0 Å². The number of allylic oxidation sites excluding steroid dienone is 4. The zero-order valence-corrected chi connectivity index (χ0v) is 20.8. The van der Waals surface area contributed by atoms with Crippen molar-refractivity contribution in [2.24, 2.45) is 0 Å². The van der Waals surface area contributed by atoms with Gasteiger partial charge in [0.05, 0.1) is 5.52 Å². The number of anilines is 1. The van der Waals surface area contributed by atoms with E-state index in [9.17, 15) is 0 Å². The Kier molecular flexibility index (Phi) is 5.55. The van der Waals surface area contributed by atoms with Crippen molar-refractivity contribution < 1.29 is 0 Å². The molecule has 7 rings (SSSR count). The van der Waals surface area contributed by atoms with Gasteiger partial charge in [-0.1, -0.05) is 60.2 Å². The minimum Gasteiger partial charge on any atom is -0.353 e. The second-order valence-corrected chi connectivity index (χ2v) is 10.4. The SMILES string of the molecule is C1=CC2=C(CC1)CCc1c2ccc2ccc(CCN3CCN(c4ncnc5ccccc45)CC3)cc12. The first-order valence-corrected chi connectivity index (χ1v) is 13.4. The molecule has 0 radical (unpaired) electrons. The number of fused-ring (bicyclic) bond motifs is 5. The monoisotopic (exact) mass is 472 g/mol. The molecule has 1 aliphatic heterocycles. The molecule has 3 aliphatic rings. The van der Waals surface area contributed by atoms with Crippen LogP contribution in [0.25, 0.3) is 27.2 Å². The highest BCUT2D eigenvalue weighted by molar-refractivity contribution is 5.94. The minimum atomic E-state index is 1.01. The predicted molar refractivity (Wildman–Crippen MR) is 149 cm³/mol. The fraction of sp³-hybridized carbons (Fsp3) is 0.312. The topological polar surface area (TPSA) is 32.3 Å². The largest absolute Gasteiger partial charge is 0.353 e. The van der Waals surface area contributed by atoms with E-state index in [4.69, 9.17) is 0 Å². The minimum absolute atomic E-state index is 1.01. The maximum absolute atomic E-state index is 4.63. The first kappa shape index (κ1) is 21.8. The maximum Gasteiger partial charge on any atom is 0.139 e. The summed E-state index contributed by atoms with van der Waals surface area (Å²) in [5.41, 5.74) is 8.68. The highest BCUT2D eigenvalue weighted by Crippen LogP contribution is 2.40. The molecule has 2 heterocycles. The Balaban J connectivity index is 1.05. The second-order valence-electron chi connectivity index (χ2n) is 10.4. The van der Waals surface area contributed by atoms with Crippen LogP contribution in [-0.4, -0.2) is 47.6 Å².